The smallest absolute Gasteiger partial charge is 0.282 e. The summed E-state index contributed by atoms with van der Waals surface area (Å²) < 4.78 is 0. The molecule has 0 heterocycles. The molecule has 21 heavy (non-hydrogen) atoms. The number of anilines is 1. The predicted octanol–water partition coefficient (Wildman–Crippen LogP) is 3.91. The van der Waals surface area contributed by atoms with Crippen LogP contribution in [0.2, 0.25) is 5.02 Å². The minimum Gasteiger partial charge on any atom is -0.308 e. The van der Waals surface area contributed by atoms with Gasteiger partial charge in [-0.3, -0.25) is 14.9 Å². The van der Waals surface area contributed by atoms with Crippen molar-refractivity contribution in [2.24, 2.45) is 0 Å². The van der Waals surface area contributed by atoms with E-state index in [4.69, 9.17) is 11.6 Å². The van der Waals surface area contributed by atoms with Crippen molar-refractivity contribution in [3.63, 3.8) is 0 Å². The van der Waals surface area contributed by atoms with E-state index in [1.165, 1.54) is 23.1 Å². The lowest BCUT2D eigenvalue weighted by Crippen LogP contribution is -2.31. The normalized spacial score (nSPS) is 10.2. The molecular formula is C15H13ClN2O3. The number of rotatable bonds is 4. The zero-order valence-corrected chi connectivity index (χ0v) is 12.1. The first-order chi connectivity index (χ1) is 10.0. The number of para-hydroxylation sites is 1. The molecule has 0 aromatic heterocycles. The molecule has 0 atom stereocenters. The maximum absolute atomic E-state index is 12.6. The van der Waals surface area contributed by atoms with E-state index in [9.17, 15) is 14.9 Å². The first-order valence-electron chi connectivity index (χ1n) is 6.35. The lowest BCUT2D eigenvalue weighted by atomic mass is 10.1. The van der Waals surface area contributed by atoms with Crippen LogP contribution in [0.4, 0.5) is 11.4 Å². The Kier molecular flexibility index (Phi) is 4.55. The van der Waals surface area contributed by atoms with Gasteiger partial charge in [0.25, 0.3) is 11.6 Å². The molecule has 0 fully saturated rings. The van der Waals surface area contributed by atoms with E-state index < -0.39 is 10.8 Å². The molecule has 0 bridgehead atoms. The zero-order chi connectivity index (χ0) is 15.4. The van der Waals surface area contributed by atoms with Crippen LogP contribution in [0.15, 0.2) is 48.5 Å². The summed E-state index contributed by atoms with van der Waals surface area (Å²) in [6, 6.07) is 13.0. The van der Waals surface area contributed by atoms with Gasteiger partial charge in [-0.15, -0.1) is 0 Å². The number of amides is 1. The van der Waals surface area contributed by atoms with Crippen molar-refractivity contribution in [1.82, 2.24) is 0 Å². The van der Waals surface area contributed by atoms with Crippen molar-refractivity contribution in [2.75, 3.05) is 11.4 Å². The number of benzene rings is 2. The first kappa shape index (κ1) is 15.0. The van der Waals surface area contributed by atoms with E-state index >= 15 is 0 Å². The molecule has 0 spiro atoms. The molecule has 2 rings (SSSR count). The lowest BCUT2D eigenvalue weighted by molar-refractivity contribution is -0.385. The largest absolute Gasteiger partial charge is 0.308 e. The monoisotopic (exact) mass is 304 g/mol. The van der Waals surface area contributed by atoms with Crippen LogP contribution in [-0.2, 0) is 0 Å². The first-order valence-corrected chi connectivity index (χ1v) is 6.73. The Bertz CT molecular complexity index is 674. The van der Waals surface area contributed by atoms with Crippen molar-refractivity contribution >= 4 is 28.9 Å². The van der Waals surface area contributed by atoms with Crippen LogP contribution in [0.1, 0.15) is 17.3 Å². The number of hydrogen-bond acceptors (Lipinski definition) is 3. The average molecular weight is 305 g/mol. The topological polar surface area (TPSA) is 63.5 Å². The molecule has 0 radical (unpaired) electrons. The molecule has 0 unspecified atom stereocenters. The third-order valence-electron chi connectivity index (χ3n) is 3.01. The minimum absolute atomic E-state index is 0.0156. The highest BCUT2D eigenvalue weighted by molar-refractivity contribution is 6.31. The van der Waals surface area contributed by atoms with Crippen molar-refractivity contribution in [3.8, 4) is 0 Å². The third kappa shape index (κ3) is 3.20. The molecule has 0 aliphatic rings. The molecule has 0 aliphatic heterocycles. The Morgan fingerprint density at radius 1 is 1.24 bits per heavy atom. The summed E-state index contributed by atoms with van der Waals surface area (Å²) in [5, 5.41) is 11.4. The molecular weight excluding hydrogens is 292 g/mol. The average Bonchev–Trinajstić information content (AvgIpc) is 2.48. The minimum atomic E-state index is -0.581. The van der Waals surface area contributed by atoms with Gasteiger partial charge in [0.1, 0.15) is 5.56 Å². The fourth-order valence-electron chi connectivity index (χ4n) is 2.04. The van der Waals surface area contributed by atoms with Crippen molar-refractivity contribution in [3.05, 3.63) is 69.2 Å². The number of nitrogens with zero attached hydrogens (tertiary/aromatic N) is 2. The van der Waals surface area contributed by atoms with Crippen molar-refractivity contribution in [1.29, 1.82) is 0 Å². The molecule has 2 aromatic rings. The maximum Gasteiger partial charge on any atom is 0.282 e. The van der Waals surface area contributed by atoms with Gasteiger partial charge in [0.2, 0.25) is 0 Å². The van der Waals surface area contributed by atoms with Gasteiger partial charge in [0, 0.05) is 23.3 Å². The highest BCUT2D eigenvalue weighted by atomic mass is 35.5. The van der Waals surface area contributed by atoms with Gasteiger partial charge in [0.05, 0.1) is 4.92 Å². The summed E-state index contributed by atoms with van der Waals surface area (Å²) in [6.45, 7) is 2.20. The van der Waals surface area contributed by atoms with Crippen LogP contribution in [0.3, 0.4) is 0 Å². The molecule has 0 aliphatic carbocycles. The van der Waals surface area contributed by atoms with Crippen molar-refractivity contribution in [2.45, 2.75) is 6.92 Å². The molecule has 6 heteroatoms. The van der Waals surface area contributed by atoms with Crippen molar-refractivity contribution < 1.29 is 9.72 Å². The molecule has 0 N–H and O–H groups in total. The summed E-state index contributed by atoms with van der Waals surface area (Å²) in [5.74, 6) is -0.446. The Morgan fingerprint density at radius 2 is 1.90 bits per heavy atom. The Morgan fingerprint density at radius 3 is 2.48 bits per heavy atom. The zero-order valence-electron chi connectivity index (χ0n) is 11.3. The highest BCUT2D eigenvalue weighted by Crippen LogP contribution is 2.26. The van der Waals surface area contributed by atoms with Gasteiger partial charge in [-0.05, 0) is 31.2 Å². The van der Waals surface area contributed by atoms with Gasteiger partial charge in [-0.1, -0.05) is 29.8 Å². The quantitative estimate of drug-likeness (QED) is 0.635. The Hall–Kier alpha value is -2.40. The molecule has 0 saturated heterocycles. The van der Waals surface area contributed by atoms with E-state index in [0.29, 0.717) is 12.2 Å². The number of nitro benzene ring substituents is 1. The van der Waals surface area contributed by atoms with Gasteiger partial charge in [-0.25, -0.2) is 0 Å². The lowest BCUT2D eigenvalue weighted by Gasteiger charge is -2.21. The Labute approximate surface area is 126 Å². The second-order valence-corrected chi connectivity index (χ2v) is 4.74. The summed E-state index contributed by atoms with van der Waals surface area (Å²) in [4.78, 5) is 24.6. The third-order valence-corrected chi connectivity index (χ3v) is 3.25. The van der Waals surface area contributed by atoms with E-state index in [2.05, 4.69) is 0 Å². The molecule has 2 aromatic carbocycles. The van der Waals surface area contributed by atoms with E-state index in [-0.39, 0.29) is 16.3 Å². The van der Waals surface area contributed by atoms with E-state index in [1.807, 2.05) is 6.07 Å². The number of hydrogen-bond donors (Lipinski definition) is 0. The van der Waals surface area contributed by atoms with E-state index in [0.717, 1.165) is 0 Å². The SMILES string of the molecule is CCN(C(=O)c1cc(Cl)ccc1[N+](=O)[O-])c1ccccc1. The summed E-state index contributed by atoms with van der Waals surface area (Å²) in [5.41, 5.74) is 0.413. The second kappa shape index (κ2) is 6.37. The summed E-state index contributed by atoms with van der Waals surface area (Å²) in [7, 11) is 0. The molecule has 0 saturated carbocycles. The summed E-state index contributed by atoms with van der Waals surface area (Å²) in [6.07, 6.45) is 0. The molecule has 108 valence electrons. The number of halogens is 1. The van der Waals surface area contributed by atoms with Crippen LogP contribution in [-0.4, -0.2) is 17.4 Å². The van der Waals surface area contributed by atoms with Crippen LogP contribution in [0, 0.1) is 10.1 Å². The van der Waals surface area contributed by atoms with Crippen LogP contribution < -0.4 is 4.90 Å². The molecule has 5 nitrogen and oxygen atoms in total. The fraction of sp³-hybridized carbons (Fsp3) is 0.133. The number of carbonyl (C=O) groups is 1. The highest BCUT2D eigenvalue weighted by Gasteiger charge is 2.25. The molecule has 1 amide bonds. The van der Waals surface area contributed by atoms with Crippen LogP contribution >= 0.6 is 11.6 Å². The Balaban J connectivity index is 2.48. The van der Waals surface area contributed by atoms with Crippen LogP contribution in [0.25, 0.3) is 0 Å². The number of nitro groups is 1. The second-order valence-electron chi connectivity index (χ2n) is 4.30. The van der Waals surface area contributed by atoms with Gasteiger partial charge >= 0.3 is 0 Å². The maximum atomic E-state index is 12.6. The van der Waals surface area contributed by atoms with Gasteiger partial charge in [0.15, 0.2) is 0 Å². The summed E-state index contributed by atoms with van der Waals surface area (Å²) >= 11 is 5.87. The predicted molar refractivity (Wildman–Crippen MR) is 81.9 cm³/mol. The van der Waals surface area contributed by atoms with E-state index in [1.54, 1.807) is 31.2 Å². The van der Waals surface area contributed by atoms with Crippen LogP contribution in [0.5, 0.6) is 0 Å². The fourth-order valence-corrected chi connectivity index (χ4v) is 2.21. The van der Waals surface area contributed by atoms with Gasteiger partial charge < -0.3 is 4.90 Å². The van der Waals surface area contributed by atoms with Gasteiger partial charge in [-0.2, -0.15) is 0 Å². The number of carbonyl (C=O) groups excluding carboxylic acids is 1. The standard InChI is InChI=1S/C15H13ClN2O3/c1-2-17(12-6-4-3-5-7-12)15(19)13-10-11(16)8-9-14(13)18(20)21/h3-10H,2H2,1H3.